The highest BCUT2D eigenvalue weighted by atomic mass is 32.1. The minimum atomic E-state index is 0.162. The predicted octanol–water partition coefficient (Wildman–Crippen LogP) is 3.80. The Labute approximate surface area is 135 Å². The number of benzene rings is 1. The molecule has 1 aliphatic heterocycles. The van der Waals surface area contributed by atoms with Crippen molar-refractivity contribution in [1.82, 2.24) is 4.90 Å². The van der Waals surface area contributed by atoms with Gasteiger partial charge in [0, 0.05) is 21.7 Å². The molecule has 0 bridgehead atoms. The average Bonchev–Trinajstić information content (AvgIpc) is 3.16. The van der Waals surface area contributed by atoms with Crippen molar-refractivity contribution in [2.45, 2.75) is 31.4 Å². The van der Waals surface area contributed by atoms with E-state index in [9.17, 15) is 5.11 Å². The van der Waals surface area contributed by atoms with Crippen LogP contribution < -0.4 is 0 Å². The van der Waals surface area contributed by atoms with Gasteiger partial charge in [0.15, 0.2) is 0 Å². The summed E-state index contributed by atoms with van der Waals surface area (Å²) >= 11 is 1.73. The molecule has 2 heterocycles. The largest absolute Gasteiger partial charge is 0.391 e. The summed E-state index contributed by atoms with van der Waals surface area (Å²) in [6.45, 7) is 3.47. The normalized spacial score (nSPS) is 19.7. The number of fused-ring (bicyclic) bond motifs is 2. The van der Waals surface area contributed by atoms with Gasteiger partial charge in [-0.2, -0.15) is 0 Å². The van der Waals surface area contributed by atoms with Gasteiger partial charge in [-0.1, -0.05) is 36.4 Å². The monoisotopic (exact) mass is 311 g/mol. The van der Waals surface area contributed by atoms with Gasteiger partial charge in [0.1, 0.15) is 0 Å². The Morgan fingerprint density at radius 3 is 2.59 bits per heavy atom. The zero-order valence-electron chi connectivity index (χ0n) is 12.7. The standard InChI is InChI=1S/C19H21NOS/c21-14-17-6-5-16(22-17)13-20-11-9-19(10-12-20)8-7-15-3-1-2-4-18(15)19/h1-8,21H,9-14H2. The van der Waals surface area contributed by atoms with E-state index in [1.807, 2.05) is 6.07 Å². The number of thiophene rings is 1. The first kappa shape index (κ1) is 14.2. The van der Waals surface area contributed by atoms with E-state index in [0.29, 0.717) is 0 Å². The molecule has 0 radical (unpaired) electrons. The van der Waals surface area contributed by atoms with Crippen molar-refractivity contribution >= 4 is 17.4 Å². The average molecular weight is 311 g/mol. The zero-order valence-corrected chi connectivity index (χ0v) is 13.5. The van der Waals surface area contributed by atoms with Crippen LogP contribution in [0.15, 0.2) is 42.5 Å². The van der Waals surface area contributed by atoms with Crippen LogP contribution in [0.2, 0.25) is 0 Å². The molecular weight excluding hydrogens is 290 g/mol. The summed E-state index contributed by atoms with van der Waals surface area (Å²) in [4.78, 5) is 4.98. The van der Waals surface area contributed by atoms with Crippen LogP contribution in [0.5, 0.6) is 0 Å². The van der Waals surface area contributed by atoms with Crippen LogP contribution in [0.4, 0.5) is 0 Å². The van der Waals surface area contributed by atoms with E-state index >= 15 is 0 Å². The van der Waals surface area contributed by atoms with Crippen molar-refractivity contribution in [1.29, 1.82) is 0 Å². The van der Waals surface area contributed by atoms with E-state index in [1.54, 1.807) is 11.3 Å². The number of aliphatic hydroxyl groups is 1. The highest BCUT2D eigenvalue weighted by Crippen LogP contribution is 2.43. The second-order valence-electron chi connectivity index (χ2n) is 6.38. The fraction of sp³-hybridized carbons (Fsp3) is 0.368. The molecule has 1 aliphatic carbocycles. The van der Waals surface area contributed by atoms with Gasteiger partial charge in [-0.25, -0.2) is 0 Å². The lowest BCUT2D eigenvalue weighted by Gasteiger charge is -2.39. The van der Waals surface area contributed by atoms with E-state index in [0.717, 1.165) is 24.5 Å². The molecule has 22 heavy (non-hydrogen) atoms. The van der Waals surface area contributed by atoms with Crippen LogP contribution in [-0.4, -0.2) is 23.1 Å². The molecular formula is C19H21NOS. The number of piperidine rings is 1. The molecule has 2 nitrogen and oxygen atoms in total. The first-order chi connectivity index (χ1) is 10.8. The lowest BCUT2D eigenvalue weighted by Crippen LogP contribution is -2.40. The minimum absolute atomic E-state index is 0.162. The Hall–Kier alpha value is -1.42. The van der Waals surface area contributed by atoms with E-state index < -0.39 is 0 Å². The predicted molar refractivity (Wildman–Crippen MR) is 91.9 cm³/mol. The lowest BCUT2D eigenvalue weighted by molar-refractivity contribution is 0.178. The van der Waals surface area contributed by atoms with Gasteiger partial charge in [0.2, 0.25) is 0 Å². The molecule has 1 saturated heterocycles. The maximum absolute atomic E-state index is 9.18. The summed E-state index contributed by atoms with van der Waals surface area (Å²) in [5, 5.41) is 9.18. The quantitative estimate of drug-likeness (QED) is 0.932. The molecule has 0 saturated carbocycles. The van der Waals surface area contributed by atoms with E-state index in [1.165, 1.54) is 28.8 Å². The van der Waals surface area contributed by atoms with E-state index in [-0.39, 0.29) is 12.0 Å². The molecule has 2 aliphatic rings. The molecule has 1 aromatic heterocycles. The van der Waals surface area contributed by atoms with Crippen LogP contribution in [-0.2, 0) is 18.6 Å². The molecule has 114 valence electrons. The Morgan fingerprint density at radius 2 is 1.82 bits per heavy atom. The first-order valence-electron chi connectivity index (χ1n) is 7.99. The summed E-state index contributed by atoms with van der Waals surface area (Å²) in [7, 11) is 0. The third kappa shape index (κ3) is 2.43. The molecule has 4 rings (SSSR count). The third-order valence-corrected chi connectivity index (χ3v) is 6.13. The van der Waals surface area contributed by atoms with E-state index in [4.69, 9.17) is 0 Å². The second kappa shape index (κ2) is 5.65. The van der Waals surface area contributed by atoms with Gasteiger partial charge >= 0.3 is 0 Å². The smallest absolute Gasteiger partial charge is 0.0774 e. The lowest BCUT2D eigenvalue weighted by atomic mass is 9.74. The summed E-state index contributed by atoms with van der Waals surface area (Å²) in [5.41, 5.74) is 3.20. The van der Waals surface area contributed by atoms with Crippen molar-refractivity contribution < 1.29 is 5.11 Å². The van der Waals surface area contributed by atoms with Crippen molar-refractivity contribution in [2.75, 3.05) is 13.1 Å². The highest BCUT2D eigenvalue weighted by molar-refractivity contribution is 7.11. The maximum Gasteiger partial charge on any atom is 0.0774 e. The van der Waals surface area contributed by atoms with Gasteiger partial charge in [-0.15, -0.1) is 11.3 Å². The third-order valence-electron chi connectivity index (χ3n) is 5.08. The SMILES string of the molecule is OCc1ccc(CN2CCC3(C=Cc4ccccc43)CC2)s1. The van der Waals surface area contributed by atoms with Crippen LogP contribution in [0, 0.1) is 0 Å². The van der Waals surface area contributed by atoms with Crippen molar-refractivity contribution in [3.63, 3.8) is 0 Å². The number of aliphatic hydroxyl groups excluding tert-OH is 1. The van der Waals surface area contributed by atoms with Crippen LogP contribution in [0.1, 0.15) is 33.7 Å². The van der Waals surface area contributed by atoms with Crippen molar-refractivity contribution in [3.05, 3.63) is 63.4 Å². The van der Waals surface area contributed by atoms with Gasteiger partial charge < -0.3 is 5.11 Å². The zero-order chi connectivity index (χ0) is 15.0. The number of hydrogen-bond acceptors (Lipinski definition) is 3. The molecule has 2 aromatic rings. The van der Waals surface area contributed by atoms with Gasteiger partial charge in [-0.05, 0) is 49.2 Å². The Kier molecular flexibility index (Phi) is 3.65. The maximum atomic E-state index is 9.18. The topological polar surface area (TPSA) is 23.5 Å². The Balaban J connectivity index is 1.44. The fourth-order valence-electron chi connectivity index (χ4n) is 3.79. The van der Waals surface area contributed by atoms with Crippen LogP contribution >= 0.6 is 11.3 Å². The van der Waals surface area contributed by atoms with Gasteiger partial charge in [0.05, 0.1) is 6.61 Å². The number of allylic oxidation sites excluding steroid dienone is 1. The summed E-state index contributed by atoms with van der Waals surface area (Å²) < 4.78 is 0. The van der Waals surface area contributed by atoms with Gasteiger partial charge in [-0.3, -0.25) is 4.90 Å². The Morgan fingerprint density at radius 1 is 1.05 bits per heavy atom. The fourth-order valence-corrected chi connectivity index (χ4v) is 4.71. The van der Waals surface area contributed by atoms with Crippen LogP contribution in [0.3, 0.4) is 0 Å². The summed E-state index contributed by atoms with van der Waals surface area (Å²) in [5.74, 6) is 0. The minimum Gasteiger partial charge on any atom is -0.391 e. The first-order valence-corrected chi connectivity index (χ1v) is 8.80. The molecule has 1 spiro atoms. The van der Waals surface area contributed by atoms with Gasteiger partial charge in [0.25, 0.3) is 0 Å². The number of nitrogens with zero attached hydrogens (tertiary/aromatic N) is 1. The van der Waals surface area contributed by atoms with E-state index in [2.05, 4.69) is 47.4 Å². The molecule has 0 unspecified atom stereocenters. The van der Waals surface area contributed by atoms with Crippen molar-refractivity contribution in [2.24, 2.45) is 0 Å². The number of likely N-dealkylation sites (tertiary alicyclic amines) is 1. The summed E-state index contributed by atoms with van der Waals surface area (Å²) in [6.07, 6.45) is 7.15. The molecule has 1 N–H and O–H groups in total. The second-order valence-corrected chi connectivity index (χ2v) is 7.63. The summed E-state index contributed by atoms with van der Waals surface area (Å²) in [6, 6.07) is 13.0. The molecule has 0 atom stereocenters. The number of hydrogen-bond donors (Lipinski definition) is 1. The Bertz CT molecular complexity index is 695. The van der Waals surface area contributed by atoms with Crippen molar-refractivity contribution in [3.8, 4) is 0 Å². The molecule has 1 aromatic carbocycles. The molecule has 3 heteroatoms. The highest BCUT2D eigenvalue weighted by Gasteiger charge is 2.37. The van der Waals surface area contributed by atoms with Crippen LogP contribution in [0.25, 0.3) is 6.08 Å². The number of rotatable bonds is 3. The molecule has 1 fully saturated rings. The molecule has 0 amide bonds.